The molecule has 2 atom stereocenters. The molecule has 0 saturated heterocycles. The molecule has 88 valence electrons. The molecule has 0 fully saturated rings. The summed E-state index contributed by atoms with van der Waals surface area (Å²) in [6, 6.07) is 3.33. The van der Waals surface area contributed by atoms with E-state index in [4.69, 9.17) is 5.11 Å². The fourth-order valence-corrected chi connectivity index (χ4v) is 1.33. The molecule has 0 spiro atoms. The summed E-state index contributed by atoms with van der Waals surface area (Å²) >= 11 is 3.25. The highest BCUT2D eigenvalue weighted by atomic mass is 79.9. The van der Waals surface area contributed by atoms with Crippen LogP contribution in [0, 0.1) is 5.92 Å². The Balaban J connectivity index is 2.62. The third-order valence-corrected chi connectivity index (χ3v) is 2.93. The van der Waals surface area contributed by atoms with Crippen molar-refractivity contribution in [3.8, 4) is 0 Å². The number of pyridine rings is 1. The molecule has 0 bridgehead atoms. The van der Waals surface area contributed by atoms with Gasteiger partial charge in [-0.3, -0.25) is 4.79 Å². The number of aliphatic hydroxyl groups excluding tert-OH is 1. The molecule has 1 rings (SSSR count). The maximum atomic E-state index is 11.7. The summed E-state index contributed by atoms with van der Waals surface area (Å²) in [5, 5.41) is 11.7. The zero-order chi connectivity index (χ0) is 12.1. The Morgan fingerprint density at radius 3 is 2.75 bits per heavy atom. The van der Waals surface area contributed by atoms with Gasteiger partial charge in [-0.25, -0.2) is 4.98 Å². The van der Waals surface area contributed by atoms with Crippen molar-refractivity contribution >= 4 is 21.8 Å². The molecule has 0 aromatic carbocycles. The van der Waals surface area contributed by atoms with Crippen molar-refractivity contribution in [2.24, 2.45) is 5.92 Å². The number of aliphatic hydroxyl groups is 1. The normalized spacial score (nSPS) is 14.2. The Kier molecular flexibility index (Phi) is 4.89. The van der Waals surface area contributed by atoms with Crippen LogP contribution in [-0.2, 0) is 0 Å². The Morgan fingerprint density at radius 1 is 1.56 bits per heavy atom. The molecule has 1 amide bonds. The van der Waals surface area contributed by atoms with Crippen LogP contribution < -0.4 is 5.32 Å². The zero-order valence-electron chi connectivity index (χ0n) is 9.27. The molecule has 16 heavy (non-hydrogen) atoms. The molecular formula is C11H15BrN2O2. The monoisotopic (exact) mass is 286 g/mol. The van der Waals surface area contributed by atoms with E-state index in [1.807, 2.05) is 13.8 Å². The van der Waals surface area contributed by atoms with E-state index < -0.39 is 0 Å². The Hall–Kier alpha value is -0.940. The van der Waals surface area contributed by atoms with Crippen LogP contribution in [0.4, 0.5) is 0 Å². The molecular weight excluding hydrogens is 272 g/mol. The van der Waals surface area contributed by atoms with Gasteiger partial charge in [-0.1, -0.05) is 6.92 Å². The molecule has 0 aliphatic heterocycles. The largest absolute Gasteiger partial charge is 0.396 e. The highest BCUT2D eigenvalue weighted by molar-refractivity contribution is 9.10. The van der Waals surface area contributed by atoms with Gasteiger partial charge in [0.1, 0.15) is 5.69 Å². The van der Waals surface area contributed by atoms with Gasteiger partial charge >= 0.3 is 0 Å². The lowest BCUT2D eigenvalue weighted by molar-refractivity contribution is 0.0911. The maximum Gasteiger partial charge on any atom is 0.270 e. The van der Waals surface area contributed by atoms with Crippen molar-refractivity contribution in [3.05, 3.63) is 28.5 Å². The first-order valence-corrected chi connectivity index (χ1v) is 5.87. The molecule has 1 aromatic heterocycles. The minimum Gasteiger partial charge on any atom is -0.396 e. The van der Waals surface area contributed by atoms with Crippen molar-refractivity contribution in [3.63, 3.8) is 0 Å². The molecule has 0 radical (unpaired) electrons. The third-order valence-electron chi connectivity index (χ3n) is 2.46. The van der Waals surface area contributed by atoms with E-state index in [0.29, 0.717) is 5.69 Å². The van der Waals surface area contributed by atoms with Crippen LogP contribution in [0.2, 0.25) is 0 Å². The number of carbonyl (C=O) groups excluding carboxylic acids is 1. The number of aromatic nitrogens is 1. The van der Waals surface area contributed by atoms with Crippen molar-refractivity contribution in [1.29, 1.82) is 0 Å². The van der Waals surface area contributed by atoms with E-state index in [9.17, 15) is 4.79 Å². The van der Waals surface area contributed by atoms with Crippen LogP contribution in [0.3, 0.4) is 0 Å². The summed E-state index contributed by atoms with van der Waals surface area (Å²) in [7, 11) is 0. The summed E-state index contributed by atoms with van der Waals surface area (Å²) in [5.74, 6) is -0.195. The lowest BCUT2D eigenvalue weighted by atomic mass is 10.1. The number of halogens is 1. The molecule has 0 saturated carbocycles. The minimum atomic E-state index is -0.222. The number of nitrogens with zero attached hydrogens (tertiary/aromatic N) is 1. The van der Waals surface area contributed by atoms with Gasteiger partial charge in [0.25, 0.3) is 5.91 Å². The number of hydrogen-bond acceptors (Lipinski definition) is 3. The van der Waals surface area contributed by atoms with Crippen molar-refractivity contribution in [1.82, 2.24) is 10.3 Å². The highest BCUT2D eigenvalue weighted by Crippen LogP contribution is 2.08. The zero-order valence-corrected chi connectivity index (χ0v) is 10.9. The van der Waals surface area contributed by atoms with Crippen molar-refractivity contribution in [2.45, 2.75) is 19.9 Å². The molecule has 1 heterocycles. The summed E-state index contributed by atoms with van der Waals surface area (Å²) in [6.45, 7) is 3.78. The van der Waals surface area contributed by atoms with Crippen LogP contribution in [-0.4, -0.2) is 28.6 Å². The quantitative estimate of drug-likeness (QED) is 0.884. The van der Waals surface area contributed by atoms with E-state index in [1.54, 1.807) is 18.3 Å². The van der Waals surface area contributed by atoms with Crippen LogP contribution in [0.1, 0.15) is 24.3 Å². The first kappa shape index (κ1) is 13.1. The Morgan fingerprint density at radius 2 is 2.25 bits per heavy atom. The third kappa shape index (κ3) is 3.57. The first-order chi connectivity index (χ1) is 7.54. The number of amides is 1. The second kappa shape index (κ2) is 5.96. The molecule has 0 aliphatic carbocycles. The minimum absolute atomic E-state index is 0.0272. The SMILES string of the molecule is CC(CO)C(C)NC(=O)c1ccc(Br)cn1. The number of nitrogens with one attached hydrogen (secondary N) is 1. The van der Waals surface area contributed by atoms with E-state index >= 15 is 0 Å². The lowest BCUT2D eigenvalue weighted by Crippen LogP contribution is -2.38. The number of rotatable bonds is 4. The smallest absolute Gasteiger partial charge is 0.270 e. The van der Waals surface area contributed by atoms with Gasteiger partial charge in [-0.2, -0.15) is 0 Å². The standard InChI is InChI=1S/C11H15BrN2O2/c1-7(6-15)8(2)14-11(16)10-4-3-9(12)5-13-10/h3-5,7-8,15H,6H2,1-2H3,(H,14,16). The predicted octanol–water partition coefficient (Wildman–Crippen LogP) is 1.59. The number of carbonyl (C=O) groups is 1. The van der Waals surface area contributed by atoms with E-state index in [1.165, 1.54) is 0 Å². The van der Waals surface area contributed by atoms with E-state index in [2.05, 4.69) is 26.2 Å². The van der Waals surface area contributed by atoms with Gasteiger partial charge in [0.05, 0.1) is 0 Å². The maximum absolute atomic E-state index is 11.7. The van der Waals surface area contributed by atoms with Crippen molar-refractivity contribution < 1.29 is 9.90 Å². The van der Waals surface area contributed by atoms with E-state index in [0.717, 1.165) is 4.47 Å². The summed E-state index contributed by atoms with van der Waals surface area (Å²) in [5.41, 5.74) is 0.375. The van der Waals surface area contributed by atoms with Crippen molar-refractivity contribution in [2.75, 3.05) is 6.61 Å². The van der Waals surface area contributed by atoms with Crippen LogP contribution in [0.25, 0.3) is 0 Å². The molecule has 2 N–H and O–H groups in total. The summed E-state index contributed by atoms with van der Waals surface area (Å²) in [6.07, 6.45) is 1.58. The van der Waals surface area contributed by atoms with E-state index in [-0.39, 0.29) is 24.5 Å². The summed E-state index contributed by atoms with van der Waals surface area (Å²) < 4.78 is 0.834. The Labute approximate surface area is 103 Å². The summed E-state index contributed by atoms with van der Waals surface area (Å²) in [4.78, 5) is 15.7. The Bertz CT molecular complexity index is 354. The molecule has 0 aliphatic rings. The van der Waals surface area contributed by atoms with Crippen LogP contribution in [0.15, 0.2) is 22.8 Å². The second-order valence-corrected chi connectivity index (χ2v) is 4.70. The fraction of sp³-hybridized carbons (Fsp3) is 0.455. The van der Waals surface area contributed by atoms with Crippen LogP contribution in [0.5, 0.6) is 0 Å². The fourth-order valence-electron chi connectivity index (χ4n) is 1.09. The van der Waals surface area contributed by atoms with Gasteiger partial charge in [-0.05, 0) is 40.9 Å². The first-order valence-electron chi connectivity index (χ1n) is 5.08. The number of hydrogen-bond donors (Lipinski definition) is 2. The lowest BCUT2D eigenvalue weighted by Gasteiger charge is -2.18. The van der Waals surface area contributed by atoms with Gasteiger partial charge in [0.15, 0.2) is 0 Å². The average molecular weight is 287 g/mol. The molecule has 5 heteroatoms. The highest BCUT2D eigenvalue weighted by Gasteiger charge is 2.15. The van der Waals surface area contributed by atoms with Gasteiger partial charge < -0.3 is 10.4 Å². The molecule has 1 aromatic rings. The van der Waals surface area contributed by atoms with Crippen LogP contribution >= 0.6 is 15.9 Å². The molecule has 4 nitrogen and oxygen atoms in total. The van der Waals surface area contributed by atoms with Gasteiger partial charge in [0, 0.05) is 23.3 Å². The van der Waals surface area contributed by atoms with Gasteiger partial charge in [-0.15, -0.1) is 0 Å². The van der Waals surface area contributed by atoms with Gasteiger partial charge in [0.2, 0.25) is 0 Å². The second-order valence-electron chi connectivity index (χ2n) is 3.78. The topological polar surface area (TPSA) is 62.2 Å². The average Bonchev–Trinajstić information content (AvgIpc) is 2.28. The molecule has 2 unspecified atom stereocenters. The predicted molar refractivity (Wildman–Crippen MR) is 65.1 cm³/mol.